The van der Waals surface area contributed by atoms with Gasteiger partial charge < -0.3 is 14.7 Å². The van der Waals surface area contributed by atoms with Crippen LogP contribution >= 0.6 is 0 Å². The maximum absolute atomic E-state index is 5.37. The summed E-state index contributed by atoms with van der Waals surface area (Å²) >= 11 is 0. The number of furan rings is 1. The van der Waals surface area contributed by atoms with Crippen LogP contribution in [-0.2, 0) is 6.54 Å². The van der Waals surface area contributed by atoms with Gasteiger partial charge in [-0.15, -0.1) is 0 Å². The molecule has 0 radical (unpaired) electrons. The largest absolute Gasteiger partial charge is 0.468 e. The molecule has 3 aromatic rings. The molecule has 3 rings (SSSR count). The number of H-pyrrole nitrogens is 1. The minimum atomic E-state index is 0.224. The van der Waals surface area contributed by atoms with E-state index in [1.807, 2.05) is 18.3 Å². The maximum Gasteiger partial charge on any atom is 0.120 e. The first-order valence-electron chi connectivity index (χ1n) is 6.16. The Kier molecular flexibility index (Phi) is 2.90. The summed E-state index contributed by atoms with van der Waals surface area (Å²) in [4.78, 5) is 3.20. The first kappa shape index (κ1) is 11.1. The van der Waals surface area contributed by atoms with Gasteiger partial charge in [-0.3, -0.25) is 0 Å². The molecule has 18 heavy (non-hydrogen) atoms. The fourth-order valence-corrected chi connectivity index (χ4v) is 2.12. The third kappa shape index (κ3) is 2.17. The lowest BCUT2D eigenvalue weighted by molar-refractivity contribution is 0.430. The standard InChI is InChI=1S/C15H16N2O/c1-11(15-3-2-8-18-15)17-10-12-4-5-14-13(9-12)6-7-16-14/h2-9,11,16-17H,10H2,1H3/t11-/m0/s1. The van der Waals surface area contributed by atoms with Gasteiger partial charge in [0.1, 0.15) is 5.76 Å². The molecule has 2 aromatic heterocycles. The molecule has 0 aliphatic rings. The predicted molar refractivity (Wildman–Crippen MR) is 72.3 cm³/mol. The van der Waals surface area contributed by atoms with Crippen LogP contribution in [0.1, 0.15) is 24.3 Å². The molecule has 0 saturated heterocycles. The van der Waals surface area contributed by atoms with Gasteiger partial charge in [-0.2, -0.15) is 0 Å². The minimum Gasteiger partial charge on any atom is -0.468 e. The lowest BCUT2D eigenvalue weighted by Gasteiger charge is -2.11. The summed E-state index contributed by atoms with van der Waals surface area (Å²) in [6.45, 7) is 2.94. The second kappa shape index (κ2) is 4.70. The Hall–Kier alpha value is -2.00. The normalized spacial score (nSPS) is 12.9. The van der Waals surface area contributed by atoms with Crippen LogP contribution in [0.25, 0.3) is 10.9 Å². The molecule has 0 spiro atoms. The third-order valence-corrected chi connectivity index (χ3v) is 3.20. The number of fused-ring (bicyclic) bond motifs is 1. The highest BCUT2D eigenvalue weighted by Gasteiger charge is 2.07. The average molecular weight is 240 g/mol. The van der Waals surface area contributed by atoms with E-state index in [9.17, 15) is 0 Å². The van der Waals surface area contributed by atoms with E-state index in [4.69, 9.17) is 4.42 Å². The molecule has 1 atom stereocenters. The number of benzene rings is 1. The molecule has 3 heteroatoms. The van der Waals surface area contributed by atoms with Crippen molar-refractivity contribution in [2.45, 2.75) is 19.5 Å². The second-order valence-electron chi connectivity index (χ2n) is 4.52. The molecule has 2 heterocycles. The Morgan fingerprint density at radius 3 is 3.06 bits per heavy atom. The lowest BCUT2D eigenvalue weighted by Crippen LogP contribution is -2.17. The summed E-state index contributed by atoms with van der Waals surface area (Å²) in [5.41, 5.74) is 2.46. The van der Waals surface area contributed by atoms with Gasteiger partial charge in [0.2, 0.25) is 0 Å². The Morgan fingerprint density at radius 2 is 2.22 bits per heavy atom. The van der Waals surface area contributed by atoms with E-state index in [0.29, 0.717) is 0 Å². The van der Waals surface area contributed by atoms with Gasteiger partial charge in [0.25, 0.3) is 0 Å². The van der Waals surface area contributed by atoms with Crippen LogP contribution in [0.3, 0.4) is 0 Å². The van der Waals surface area contributed by atoms with E-state index in [-0.39, 0.29) is 6.04 Å². The van der Waals surface area contributed by atoms with Crippen LogP contribution in [0.5, 0.6) is 0 Å². The van der Waals surface area contributed by atoms with Crippen molar-refractivity contribution in [2.75, 3.05) is 0 Å². The van der Waals surface area contributed by atoms with Crippen LogP contribution in [0.15, 0.2) is 53.3 Å². The van der Waals surface area contributed by atoms with Crippen molar-refractivity contribution < 1.29 is 4.42 Å². The van der Waals surface area contributed by atoms with Gasteiger partial charge >= 0.3 is 0 Å². The van der Waals surface area contributed by atoms with Gasteiger partial charge in [-0.1, -0.05) is 6.07 Å². The van der Waals surface area contributed by atoms with Crippen molar-refractivity contribution >= 4 is 10.9 Å². The molecule has 92 valence electrons. The number of rotatable bonds is 4. The summed E-state index contributed by atoms with van der Waals surface area (Å²) in [7, 11) is 0. The molecular formula is C15H16N2O. The lowest BCUT2D eigenvalue weighted by atomic mass is 10.1. The van der Waals surface area contributed by atoms with Gasteiger partial charge in [-0.25, -0.2) is 0 Å². The van der Waals surface area contributed by atoms with Gasteiger partial charge in [0.05, 0.1) is 12.3 Å². The predicted octanol–water partition coefficient (Wildman–Crippen LogP) is 3.61. The first-order chi connectivity index (χ1) is 8.83. The van der Waals surface area contributed by atoms with Crippen LogP contribution in [0.2, 0.25) is 0 Å². The average Bonchev–Trinajstić information content (AvgIpc) is 3.05. The molecule has 3 nitrogen and oxygen atoms in total. The van der Waals surface area contributed by atoms with E-state index >= 15 is 0 Å². The molecule has 0 aliphatic carbocycles. The zero-order chi connectivity index (χ0) is 12.4. The zero-order valence-corrected chi connectivity index (χ0v) is 10.3. The SMILES string of the molecule is C[C@H](NCc1ccc2[nH]ccc2c1)c1ccco1. The number of aromatic nitrogens is 1. The van der Waals surface area contributed by atoms with Crippen LogP contribution in [0, 0.1) is 0 Å². The fraction of sp³-hybridized carbons (Fsp3) is 0.200. The molecule has 0 saturated carbocycles. The topological polar surface area (TPSA) is 41.0 Å². The highest BCUT2D eigenvalue weighted by molar-refractivity contribution is 5.79. The molecule has 0 bridgehead atoms. The second-order valence-corrected chi connectivity index (χ2v) is 4.52. The van der Waals surface area contributed by atoms with E-state index < -0.39 is 0 Å². The van der Waals surface area contributed by atoms with Crippen molar-refractivity contribution in [3.8, 4) is 0 Å². The van der Waals surface area contributed by atoms with Crippen LogP contribution in [-0.4, -0.2) is 4.98 Å². The maximum atomic E-state index is 5.37. The number of hydrogen-bond acceptors (Lipinski definition) is 2. The van der Waals surface area contributed by atoms with Crippen molar-refractivity contribution in [3.05, 3.63) is 60.2 Å². The number of aromatic amines is 1. The van der Waals surface area contributed by atoms with Gasteiger partial charge in [0.15, 0.2) is 0 Å². The van der Waals surface area contributed by atoms with E-state index in [1.54, 1.807) is 6.26 Å². The van der Waals surface area contributed by atoms with E-state index in [2.05, 4.69) is 41.5 Å². The number of nitrogens with one attached hydrogen (secondary N) is 2. The van der Waals surface area contributed by atoms with Crippen molar-refractivity contribution in [1.82, 2.24) is 10.3 Å². The van der Waals surface area contributed by atoms with E-state index in [0.717, 1.165) is 12.3 Å². The van der Waals surface area contributed by atoms with Crippen molar-refractivity contribution in [3.63, 3.8) is 0 Å². The monoisotopic (exact) mass is 240 g/mol. The fourth-order valence-electron chi connectivity index (χ4n) is 2.12. The molecule has 0 unspecified atom stereocenters. The van der Waals surface area contributed by atoms with Crippen LogP contribution in [0.4, 0.5) is 0 Å². The van der Waals surface area contributed by atoms with E-state index in [1.165, 1.54) is 16.5 Å². The minimum absolute atomic E-state index is 0.224. The Bertz CT molecular complexity index is 625. The quantitative estimate of drug-likeness (QED) is 0.731. The highest BCUT2D eigenvalue weighted by Crippen LogP contribution is 2.16. The highest BCUT2D eigenvalue weighted by atomic mass is 16.3. The summed E-state index contributed by atoms with van der Waals surface area (Å²) in [6, 6.07) is 12.7. The summed E-state index contributed by atoms with van der Waals surface area (Å²) in [5, 5.41) is 4.70. The molecule has 1 aromatic carbocycles. The van der Waals surface area contributed by atoms with Crippen molar-refractivity contribution in [1.29, 1.82) is 0 Å². The first-order valence-corrected chi connectivity index (χ1v) is 6.16. The molecule has 0 fully saturated rings. The summed E-state index contributed by atoms with van der Waals surface area (Å²) in [5.74, 6) is 0.970. The Labute approximate surface area is 106 Å². The number of hydrogen-bond donors (Lipinski definition) is 2. The summed E-state index contributed by atoms with van der Waals surface area (Å²) < 4.78 is 5.37. The molecule has 0 amide bonds. The zero-order valence-electron chi connectivity index (χ0n) is 10.3. The molecular weight excluding hydrogens is 224 g/mol. The molecule has 2 N–H and O–H groups in total. The van der Waals surface area contributed by atoms with Crippen molar-refractivity contribution in [2.24, 2.45) is 0 Å². The van der Waals surface area contributed by atoms with Crippen LogP contribution < -0.4 is 5.32 Å². The Balaban J connectivity index is 1.69. The van der Waals surface area contributed by atoms with Gasteiger partial charge in [0, 0.05) is 18.3 Å². The third-order valence-electron chi connectivity index (χ3n) is 3.20. The summed E-state index contributed by atoms with van der Waals surface area (Å²) in [6.07, 6.45) is 3.67. The smallest absolute Gasteiger partial charge is 0.120 e. The Morgan fingerprint density at radius 1 is 1.28 bits per heavy atom. The molecule has 0 aliphatic heterocycles. The van der Waals surface area contributed by atoms with Gasteiger partial charge in [-0.05, 0) is 48.2 Å².